The maximum Gasteiger partial charge on any atom is 0.257 e. The molecule has 0 atom stereocenters. The van der Waals surface area contributed by atoms with Gasteiger partial charge >= 0.3 is 0 Å². The Balaban J connectivity index is 1.58. The topological polar surface area (TPSA) is 85.6 Å². The largest absolute Gasteiger partial charge is 0.306 e. The number of benzene rings is 1. The fourth-order valence-corrected chi connectivity index (χ4v) is 4.33. The molecule has 158 valence electrons. The Bertz CT molecular complexity index is 1430. The van der Waals surface area contributed by atoms with Crippen molar-refractivity contribution in [3.8, 4) is 16.5 Å². The zero-order valence-corrected chi connectivity index (χ0v) is 18.6. The molecule has 1 N–H and O–H groups in total. The molecule has 7 nitrogen and oxygen atoms in total. The van der Waals surface area contributed by atoms with Crippen molar-refractivity contribution in [3.63, 3.8) is 0 Å². The molecule has 5 rings (SSSR count). The average Bonchev–Trinajstić information content (AvgIpc) is 3.42. The molecule has 0 aliphatic heterocycles. The number of fused-ring (bicyclic) bond motifs is 1. The molecule has 0 aliphatic carbocycles. The van der Waals surface area contributed by atoms with Crippen molar-refractivity contribution < 1.29 is 4.79 Å². The van der Waals surface area contributed by atoms with E-state index in [1.165, 1.54) is 0 Å². The van der Waals surface area contributed by atoms with Crippen LogP contribution in [0.1, 0.15) is 27.4 Å². The molecule has 0 bridgehead atoms. The van der Waals surface area contributed by atoms with E-state index in [0.717, 1.165) is 38.6 Å². The highest BCUT2D eigenvalue weighted by Crippen LogP contribution is 2.28. The molecular weight excluding hydrogens is 420 g/mol. The molecule has 0 unspecified atom stereocenters. The van der Waals surface area contributed by atoms with Gasteiger partial charge in [-0.25, -0.2) is 15.0 Å². The number of pyridine rings is 1. The molecular formula is C24H20N6OS. The first-order valence-corrected chi connectivity index (χ1v) is 11.0. The van der Waals surface area contributed by atoms with Crippen LogP contribution < -0.4 is 5.32 Å². The number of thiophene rings is 1. The summed E-state index contributed by atoms with van der Waals surface area (Å²) in [4.78, 5) is 28.2. The van der Waals surface area contributed by atoms with E-state index >= 15 is 0 Å². The Kier molecular flexibility index (Phi) is 4.99. The van der Waals surface area contributed by atoms with Crippen LogP contribution in [-0.2, 0) is 0 Å². The van der Waals surface area contributed by atoms with Crippen molar-refractivity contribution in [1.82, 2.24) is 24.7 Å². The number of nitrogens with one attached hydrogen (secondary N) is 1. The fraction of sp³-hybridized carbons (Fsp3) is 0.125. The Hall–Kier alpha value is -3.91. The lowest BCUT2D eigenvalue weighted by Gasteiger charge is -2.11. The SMILES string of the molecule is Cc1cc(C)nc(-n2nc(C)cc2NC(=O)c2cc(-c3cccs3)nc3ccccc23)n1. The van der Waals surface area contributed by atoms with Crippen LogP contribution in [0.3, 0.4) is 0 Å². The van der Waals surface area contributed by atoms with Crippen molar-refractivity contribution in [2.75, 3.05) is 5.32 Å². The summed E-state index contributed by atoms with van der Waals surface area (Å²) in [6.07, 6.45) is 0. The number of para-hydroxylation sites is 1. The number of rotatable bonds is 4. The van der Waals surface area contributed by atoms with Crippen LogP contribution in [0, 0.1) is 20.8 Å². The first-order valence-electron chi connectivity index (χ1n) is 10.1. The van der Waals surface area contributed by atoms with Gasteiger partial charge in [0, 0.05) is 22.8 Å². The van der Waals surface area contributed by atoms with Gasteiger partial charge in [0.05, 0.1) is 27.3 Å². The van der Waals surface area contributed by atoms with Gasteiger partial charge in [0.25, 0.3) is 11.9 Å². The van der Waals surface area contributed by atoms with Crippen molar-refractivity contribution in [2.24, 2.45) is 0 Å². The van der Waals surface area contributed by atoms with Crippen molar-refractivity contribution in [2.45, 2.75) is 20.8 Å². The number of nitrogens with zero attached hydrogens (tertiary/aromatic N) is 5. The zero-order valence-electron chi connectivity index (χ0n) is 17.8. The van der Waals surface area contributed by atoms with Gasteiger partial charge in [-0.05, 0) is 50.4 Å². The van der Waals surface area contributed by atoms with Gasteiger partial charge in [-0.3, -0.25) is 4.79 Å². The standard InChI is InChI=1S/C24H20N6OS/c1-14-11-15(2)26-24(25-14)30-22(12-16(3)29-30)28-23(31)18-13-20(21-9-6-10-32-21)27-19-8-5-4-7-17(18)19/h4-13H,1-3H3,(H,28,31). The Morgan fingerprint density at radius 3 is 2.44 bits per heavy atom. The molecule has 1 amide bonds. The minimum absolute atomic E-state index is 0.244. The summed E-state index contributed by atoms with van der Waals surface area (Å²) in [7, 11) is 0. The van der Waals surface area contributed by atoms with Gasteiger partial charge in [0.1, 0.15) is 5.82 Å². The highest BCUT2D eigenvalue weighted by atomic mass is 32.1. The number of amides is 1. The second-order valence-electron chi connectivity index (χ2n) is 7.54. The summed E-state index contributed by atoms with van der Waals surface area (Å²) in [5.41, 5.74) is 4.50. The summed E-state index contributed by atoms with van der Waals surface area (Å²) in [6, 6.07) is 17.2. The molecule has 0 spiro atoms. The number of aromatic nitrogens is 5. The number of hydrogen-bond donors (Lipinski definition) is 1. The van der Waals surface area contributed by atoms with Crippen LogP contribution in [-0.4, -0.2) is 30.6 Å². The van der Waals surface area contributed by atoms with Gasteiger partial charge in [-0.15, -0.1) is 11.3 Å². The number of aryl methyl sites for hydroxylation is 3. The van der Waals surface area contributed by atoms with Crippen LogP contribution in [0.25, 0.3) is 27.4 Å². The van der Waals surface area contributed by atoms with Crippen LogP contribution in [0.4, 0.5) is 5.82 Å². The zero-order chi connectivity index (χ0) is 22.2. The Morgan fingerprint density at radius 1 is 0.906 bits per heavy atom. The smallest absolute Gasteiger partial charge is 0.257 e. The molecule has 4 aromatic heterocycles. The molecule has 0 radical (unpaired) electrons. The van der Waals surface area contributed by atoms with E-state index in [2.05, 4.69) is 20.4 Å². The second kappa shape index (κ2) is 7.97. The monoisotopic (exact) mass is 440 g/mol. The summed E-state index contributed by atoms with van der Waals surface area (Å²) in [6.45, 7) is 5.68. The van der Waals surface area contributed by atoms with Crippen molar-refractivity contribution in [1.29, 1.82) is 0 Å². The number of anilines is 1. The number of carbonyl (C=O) groups is 1. The molecule has 8 heteroatoms. The molecule has 0 fully saturated rings. The van der Waals surface area contributed by atoms with E-state index in [1.807, 2.05) is 80.7 Å². The third-order valence-electron chi connectivity index (χ3n) is 4.97. The summed E-state index contributed by atoms with van der Waals surface area (Å²) in [5.74, 6) is 0.688. The van der Waals surface area contributed by atoms with E-state index in [-0.39, 0.29) is 5.91 Å². The normalized spacial score (nSPS) is 11.1. The minimum Gasteiger partial charge on any atom is -0.306 e. The lowest BCUT2D eigenvalue weighted by atomic mass is 10.1. The maximum absolute atomic E-state index is 13.5. The predicted octanol–water partition coefficient (Wildman–Crippen LogP) is 5.12. The third kappa shape index (κ3) is 3.76. The van der Waals surface area contributed by atoms with Crippen molar-refractivity contribution >= 4 is 34.0 Å². The van der Waals surface area contributed by atoms with Crippen LogP contribution in [0.15, 0.2) is 60.0 Å². The van der Waals surface area contributed by atoms with Crippen LogP contribution >= 0.6 is 11.3 Å². The van der Waals surface area contributed by atoms with E-state index in [0.29, 0.717) is 17.3 Å². The van der Waals surface area contributed by atoms with Gasteiger partial charge in [-0.1, -0.05) is 24.3 Å². The Labute approximate surface area is 188 Å². The molecule has 0 saturated heterocycles. The van der Waals surface area contributed by atoms with E-state index < -0.39 is 0 Å². The van der Waals surface area contributed by atoms with E-state index in [9.17, 15) is 4.79 Å². The molecule has 1 aromatic carbocycles. The quantitative estimate of drug-likeness (QED) is 0.419. The van der Waals surface area contributed by atoms with E-state index in [4.69, 9.17) is 4.98 Å². The molecule has 0 saturated carbocycles. The second-order valence-corrected chi connectivity index (χ2v) is 8.48. The maximum atomic E-state index is 13.5. The lowest BCUT2D eigenvalue weighted by molar-refractivity contribution is 0.102. The minimum atomic E-state index is -0.244. The first-order chi connectivity index (χ1) is 15.5. The fourth-order valence-electron chi connectivity index (χ4n) is 3.64. The highest BCUT2D eigenvalue weighted by molar-refractivity contribution is 7.13. The van der Waals surface area contributed by atoms with E-state index in [1.54, 1.807) is 16.0 Å². The Morgan fingerprint density at radius 2 is 1.69 bits per heavy atom. The summed E-state index contributed by atoms with van der Waals surface area (Å²) in [5, 5.41) is 10.3. The molecule has 4 heterocycles. The predicted molar refractivity (Wildman–Crippen MR) is 126 cm³/mol. The van der Waals surface area contributed by atoms with Gasteiger partial charge in [0.2, 0.25) is 0 Å². The molecule has 5 aromatic rings. The molecule has 0 aliphatic rings. The van der Waals surface area contributed by atoms with Gasteiger partial charge in [0.15, 0.2) is 0 Å². The van der Waals surface area contributed by atoms with Gasteiger partial charge < -0.3 is 5.32 Å². The molecule has 32 heavy (non-hydrogen) atoms. The highest BCUT2D eigenvalue weighted by Gasteiger charge is 2.18. The first kappa shape index (κ1) is 20.0. The van der Waals surface area contributed by atoms with Crippen molar-refractivity contribution in [3.05, 3.63) is 82.6 Å². The summed E-state index contributed by atoms with van der Waals surface area (Å²) >= 11 is 1.59. The lowest BCUT2D eigenvalue weighted by Crippen LogP contribution is -2.17. The third-order valence-corrected chi connectivity index (χ3v) is 5.86. The number of carbonyl (C=O) groups excluding carboxylic acids is 1. The van der Waals surface area contributed by atoms with Gasteiger partial charge in [-0.2, -0.15) is 9.78 Å². The average molecular weight is 441 g/mol. The van der Waals surface area contributed by atoms with Crippen LogP contribution in [0.2, 0.25) is 0 Å². The summed E-state index contributed by atoms with van der Waals surface area (Å²) < 4.78 is 1.57. The number of hydrogen-bond acceptors (Lipinski definition) is 6. The van der Waals surface area contributed by atoms with Crippen LogP contribution in [0.5, 0.6) is 0 Å².